The number of nitrogens with two attached hydrogens (primary N) is 1. The molecule has 7 heteroatoms. The summed E-state index contributed by atoms with van der Waals surface area (Å²) in [6.07, 6.45) is -0.148. The Kier molecular flexibility index (Phi) is 5.83. The van der Waals surface area contributed by atoms with Crippen LogP contribution in [0.5, 0.6) is 0 Å². The first-order valence-corrected chi connectivity index (χ1v) is 8.62. The van der Waals surface area contributed by atoms with Gasteiger partial charge in [-0.2, -0.15) is 0 Å². The number of nitrogens with one attached hydrogen (secondary N) is 1. The van der Waals surface area contributed by atoms with E-state index in [1.807, 2.05) is 0 Å². The van der Waals surface area contributed by atoms with Crippen molar-refractivity contribution < 1.29 is 23.9 Å². The van der Waals surface area contributed by atoms with E-state index in [0.29, 0.717) is 24.3 Å². The molecule has 2 atom stereocenters. The molecule has 27 heavy (non-hydrogen) atoms. The average Bonchev–Trinajstić information content (AvgIpc) is 3.21. The predicted octanol–water partition coefficient (Wildman–Crippen LogP) is 2.19. The SMILES string of the molecule is NC(=O)[C@@H](OC(=O)c1cccc(NC(=O)[C@H]2CCCO2)c1)c1ccccc1. The van der Waals surface area contributed by atoms with Gasteiger partial charge in [-0.15, -0.1) is 0 Å². The summed E-state index contributed by atoms with van der Waals surface area (Å²) in [5.74, 6) is -1.73. The maximum Gasteiger partial charge on any atom is 0.339 e. The van der Waals surface area contributed by atoms with Gasteiger partial charge in [0.05, 0.1) is 5.56 Å². The van der Waals surface area contributed by atoms with Gasteiger partial charge in [0.1, 0.15) is 6.10 Å². The molecule has 3 N–H and O–H groups in total. The third kappa shape index (κ3) is 4.71. The number of rotatable bonds is 6. The van der Waals surface area contributed by atoms with Gasteiger partial charge in [0, 0.05) is 17.9 Å². The topological polar surface area (TPSA) is 108 Å². The predicted molar refractivity (Wildman–Crippen MR) is 97.8 cm³/mol. The van der Waals surface area contributed by atoms with E-state index in [0.717, 1.165) is 6.42 Å². The summed E-state index contributed by atoms with van der Waals surface area (Å²) in [6.45, 7) is 0.568. The van der Waals surface area contributed by atoms with E-state index in [2.05, 4.69) is 5.32 Å². The second-order valence-electron chi connectivity index (χ2n) is 6.17. The second-order valence-corrected chi connectivity index (χ2v) is 6.17. The Hall–Kier alpha value is -3.19. The van der Waals surface area contributed by atoms with Gasteiger partial charge < -0.3 is 20.5 Å². The van der Waals surface area contributed by atoms with Crippen LogP contribution in [0.3, 0.4) is 0 Å². The molecule has 0 saturated carbocycles. The molecular weight excluding hydrogens is 348 g/mol. The van der Waals surface area contributed by atoms with Gasteiger partial charge in [0.15, 0.2) is 0 Å². The second kappa shape index (κ2) is 8.46. The number of esters is 1. The van der Waals surface area contributed by atoms with Crippen LogP contribution < -0.4 is 11.1 Å². The van der Waals surface area contributed by atoms with Crippen molar-refractivity contribution in [1.29, 1.82) is 0 Å². The summed E-state index contributed by atoms with van der Waals surface area (Å²) in [7, 11) is 0. The van der Waals surface area contributed by atoms with Crippen molar-refractivity contribution in [2.45, 2.75) is 25.0 Å². The highest BCUT2D eigenvalue weighted by atomic mass is 16.5. The number of anilines is 1. The quantitative estimate of drug-likeness (QED) is 0.760. The molecular formula is C20H20N2O5. The average molecular weight is 368 g/mol. The highest BCUT2D eigenvalue weighted by Crippen LogP contribution is 2.21. The van der Waals surface area contributed by atoms with Crippen molar-refractivity contribution in [2.75, 3.05) is 11.9 Å². The Morgan fingerprint density at radius 1 is 1.11 bits per heavy atom. The third-order valence-electron chi connectivity index (χ3n) is 4.17. The maximum atomic E-state index is 12.5. The summed E-state index contributed by atoms with van der Waals surface area (Å²) in [4.78, 5) is 36.3. The van der Waals surface area contributed by atoms with Crippen LogP contribution >= 0.6 is 0 Å². The van der Waals surface area contributed by atoms with Crippen molar-refractivity contribution in [3.05, 3.63) is 65.7 Å². The lowest BCUT2D eigenvalue weighted by Crippen LogP contribution is -2.27. The number of hydrogen-bond donors (Lipinski definition) is 2. The summed E-state index contributed by atoms with van der Waals surface area (Å²) >= 11 is 0. The van der Waals surface area contributed by atoms with E-state index in [1.165, 1.54) is 12.1 Å². The number of amides is 2. The van der Waals surface area contributed by atoms with Crippen LogP contribution in [0, 0.1) is 0 Å². The van der Waals surface area contributed by atoms with Gasteiger partial charge in [0.2, 0.25) is 6.10 Å². The lowest BCUT2D eigenvalue weighted by atomic mass is 10.1. The smallest absolute Gasteiger partial charge is 0.339 e. The molecule has 7 nitrogen and oxygen atoms in total. The largest absolute Gasteiger partial charge is 0.444 e. The van der Waals surface area contributed by atoms with E-state index in [1.54, 1.807) is 42.5 Å². The fourth-order valence-electron chi connectivity index (χ4n) is 2.82. The van der Waals surface area contributed by atoms with E-state index < -0.39 is 24.1 Å². The molecule has 2 aromatic carbocycles. The fourth-order valence-corrected chi connectivity index (χ4v) is 2.82. The number of carbonyl (C=O) groups is 3. The highest BCUT2D eigenvalue weighted by Gasteiger charge is 2.25. The zero-order valence-electron chi connectivity index (χ0n) is 14.6. The standard InChI is InChI=1S/C20H20N2O5/c21-18(23)17(13-6-2-1-3-7-13)27-20(25)14-8-4-9-15(12-14)22-19(24)16-10-5-11-26-16/h1-4,6-9,12,16-17H,5,10-11H2,(H2,21,23)(H,22,24)/t16-,17+/m1/s1. The van der Waals surface area contributed by atoms with Crippen LogP contribution in [0.1, 0.15) is 34.9 Å². The van der Waals surface area contributed by atoms with Gasteiger partial charge in [-0.3, -0.25) is 9.59 Å². The molecule has 1 aliphatic heterocycles. The fraction of sp³-hybridized carbons (Fsp3) is 0.250. The molecule has 0 radical (unpaired) electrons. The Morgan fingerprint density at radius 2 is 1.89 bits per heavy atom. The first kappa shape index (κ1) is 18.6. The molecule has 0 aromatic heterocycles. The van der Waals surface area contributed by atoms with Crippen LogP contribution in [-0.4, -0.2) is 30.5 Å². The molecule has 0 aliphatic carbocycles. The molecule has 1 fully saturated rings. The Bertz CT molecular complexity index is 831. The van der Waals surface area contributed by atoms with Gasteiger partial charge in [-0.05, 0) is 31.0 Å². The van der Waals surface area contributed by atoms with E-state index in [-0.39, 0.29) is 11.5 Å². The van der Waals surface area contributed by atoms with Crippen LogP contribution in [0.2, 0.25) is 0 Å². The molecule has 3 rings (SSSR count). The first-order chi connectivity index (χ1) is 13.0. The van der Waals surface area contributed by atoms with Crippen molar-refractivity contribution in [1.82, 2.24) is 0 Å². The monoisotopic (exact) mass is 368 g/mol. The first-order valence-electron chi connectivity index (χ1n) is 8.62. The molecule has 0 bridgehead atoms. The Balaban J connectivity index is 1.70. The number of primary amides is 1. The van der Waals surface area contributed by atoms with Gasteiger partial charge in [-0.25, -0.2) is 4.79 Å². The zero-order chi connectivity index (χ0) is 19.2. The van der Waals surface area contributed by atoms with E-state index in [9.17, 15) is 14.4 Å². The lowest BCUT2D eigenvalue weighted by molar-refractivity contribution is -0.127. The summed E-state index contributed by atoms with van der Waals surface area (Å²) in [5, 5.41) is 2.72. The third-order valence-corrected chi connectivity index (χ3v) is 4.17. The minimum atomic E-state index is -1.19. The Morgan fingerprint density at radius 3 is 2.56 bits per heavy atom. The highest BCUT2D eigenvalue weighted by molar-refractivity contribution is 5.97. The maximum absolute atomic E-state index is 12.5. The van der Waals surface area contributed by atoms with Crippen molar-refractivity contribution >= 4 is 23.5 Å². The van der Waals surface area contributed by atoms with Crippen molar-refractivity contribution in [3.8, 4) is 0 Å². The number of ether oxygens (including phenoxy) is 2. The summed E-state index contributed by atoms with van der Waals surface area (Å²) in [5.41, 5.74) is 6.50. The zero-order valence-corrected chi connectivity index (χ0v) is 14.6. The van der Waals surface area contributed by atoms with Crippen molar-refractivity contribution in [2.24, 2.45) is 5.73 Å². The normalized spacial score (nSPS) is 17.1. The van der Waals surface area contributed by atoms with E-state index in [4.69, 9.17) is 15.2 Å². The van der Waals surface area contributed by atoms with Crippen molar-refractivity contribution in [3.63, 3.8) is 0 Å². The molecule has 1 heterocycles. The molecule has 140 valence electrons. The van der Waals surface area contributed by atoms with Gasteiger partial charge >= 0.3 is 5.97 Å². The molecule has 2 aromatic rings. The summed E-state index contributed by atoms with van der Waals surface area (Å²) < 4.78 is 10.6. The number of carbonyl (C=O) groups excluding carboxylic acids is 3. The number of benzene rings is 2. The molecule has 0 unspecified atom stereocenters. The summed E-state index contributed by atoms with van der Waals surface area (Å²) in [6, 6.07) is 14.8. The van der Waals surface area contributed by atoms with Gasteiger partial charge in [0.25, 0.3) is 11.8 Å². The minimum Gasteiger partial charge on any atom is -0.444 e. The Labute approximate surface area is 156 Å². The van der Waals surface area contributed by atoms with Crippen LogP contribution in [0.4, 0.5) is 5.69 Å². The van der Waals surface area contributed by atoms with Crippen LogP contribution in [0.15, 0.2) is 54.6 Å². The van der Waals surface area contributed by atoms with Crippen LogP contribution in [0.25, 0.3) is 0 Å². The lowest BCUT2D eigenvalue weighted by Gasteiger charge is -2.15. The molecule has 0 spiro atoms. The molecule has 2 amide bonds. The van der Waals surface area contributed by atoms with E-state index >= 15 is 0 Å². The molecule has 1 aliphatic rings. The van der Waals surface area contributed by atoms with Gasteiger partial charge in [-0.1, -0.05) is 36.4 Å². The number of hydrogen-bond acceptors (Lipinski definition) is 5. The minimum absolute atomic E-state index is 0.197. The molecule has 1 saturated heterocycles. The van der Waals surface area contributed by atoms with Crippen LogP contribution in [-0.2, 0) is 19.1 Å².